The molecule has 1 aliphatic rings. The molecule has 1 aliphatic heterocycles. The first-order valence-corrected chi connectivity index (χ1v) is 6.29. The van der Waals surface area contributed by atoms with E-state index < -0.39 is 0 Å². The summed E-state index contributed by atoms with van der Waals surface area (Å²) in [4.78, 5) is 13.1. The summed E-state index contributed by atoms with van der Waals surface area (Å²) in [7, 11) is 2.01. The van der Waals surface area contributed by atoms with Gasteiger partial charge in [-0.1, -0.05) is 0 Å². The fourth-order valence-electron chi connectivity index (χ4n) is 2.15. The number of rotatable bonds is 4. The maximum Gasteiger partial charge on any atom is 0.134 e. The van der Waals surface area contributed by atoms with Crippen molar-refractivity contribution in [2.24, 2.45) is 5.73 Å². The van der Waals surface area contributed by atoms with Crippen LogP contribution in [-0.2, 0) is 0 Å². The monoisotopic (exact) mass is 235 g/mol. The van der Waals surface area contributed by atoms with E-state index in [0.29, 0.717) is 6.54 Å². The molecule has 5 nitrogen and oxygen atoms in total. The normalized spacial score (nSPS) is 16.0. The molecule has 0 atom stereocenters. The van der Waals surface area contributed by atoms with E-state index in [2.05, 4.69) is 25.8 Å². The zero-order chi connectivity index (χ0) is 12.1. The minimum Gasteiger partial charge on any atom is -0.358 e. The summed E-state index contributed by atoms with van der Waals surface area (Å²) in [6, 6.07) is 2.06. The molecule has 0 aromatic carbocycles. The van der Waals surface area contributed by atoms with Gasteiger partial charge in [-0.15, -0.1) is 0 Å². The second kappa shape index (κ2) is 5.82. The van der Waals surface area contributed by atoms with Gasteiger partial charge in [0.2, 0.25) is 0 Å². The fraction of sp³-hybridized carbons (Fsp3) is 0.667. The Balaban J connectivity index is 2.09. The van der Waals surface area contributed by atoms with Crippen molar-refractivity contribution in [3.63, 3.8) is 0 Å². The molecule has 0 saturated carbocycles. The van der Waals surface area contributed by atoms with E-state index in [4.69, 9.17) is 5.73 Å². The standard InChI is InChI=1S/C12H21N5/c1-16(8-5-13)11-9-12(15-10-14-11)17-6-3-2-4-7-17/h9-10H,2-8,13H2,1H3. The first-order valence-electron chi connectivity index (χ1n) is 6.29. The van der Waals surface area contributed by atoms with Crippen LogP contribution in [-0.4, -0.2) is 43.2 Å². The molecule has 1 fully saturated rings. The molecule has 1 aromatic rings. The average molecular weight is 235 g/mol. The highest BCUT2D eigenvalue weighted by atomic mass is 15.2. The van der Waals surface area contributed by atoms with Gasteiger partial charge in [-0.05, 0) is 19.3 Å². The molecule has 2 rings (SSSR count). The average Bonchev–Trinajstić information content (AvgIpc) is 2.40. The lowest BCUT2D eigenvalue weighted by atomic mass is 10.1. The number of nitrogens with two attached hydrogens (primary N) is 1. The lowest BCUT2D eigenvalue weighted by molar-refractivity contribution is 0.573. The van der Waals surface area contributed by atoms with Crippen molar-refractivity contribution in [2.45, 2.75) is 19.3 Å². The molecule has 2 N–H and O–H groups in total. The van der Waals surface area contributed by atoms with Gasteiger partial charge < -0.3 is 15.5 Å². The van der Waals surface area contributed by atoms with Crippen LogP contribution in [0.5, 0.6) is 0 Å². The number of hydrogen-bond donors (Lipinski definition) is 1. The van der Waals surface area contributed by atoms with E-state index in [-0.39, 0.29) is 0 Å². The third-order valence-electron chi connectivity index (χ3n) is 3.17. The quantitative estimate of drug-likeness (QED) is 0.839. The van der Waals surface area contributed by atoms with Crippen molar-refractivity contribution in [2.75, 3.05) is 43.0 Å². The molecule has 1 aromatic heterocycles. The van der Waals surface area contributed by atoms with Crippen molar-refractivity contribution in [1.29, 1.82) is 0 Å². The van der Waals surface area contributed by atoms with E-state index in [1.54, 1.807) is 6.33 Å². The highest BCUT2D eigenvalue weighted by Gasteiger charge is 2.13. The van der Waals surface area contributed by atoms with Crippen LogP contribution < -0.4 is 15.5 Å². The van der Waals surface area contributed by atoms with E-state index in [9.17, 15) is 0 Å². The Labute approximate surface area is 103 Å². The highest BCUT2D eigenvalue weighted by molar-refractivity contribution is 5.49. The van der Waals surface area contributed by atoms with E-state index in [1.165, 1.54) is 19.3 Å². The molecule has 0 bridgehead atoms. The van der Waals surface area contributed by atoms with Gasteiger partial charge in [-0.2, -0.15) is 0 Å². The van der Waals surface area contributed by atoms with Gasteiger partial charge >= 0.3 is 0 Å². The molecule has 0 aliphatic carbocycles. The molecule has 17 heavy (non-hydrogen) atoms. The summed E-state index contributed by atoms with van der Waals surface area (Å²) in [6.45, 7) is 3.67. The molecule has 5 heteroatoms. The first-order chi connectivity index (χ1) is 8.31. The maximum absolute atomic E-state index is 5.55. The smallest absolute Gasteiger partial charge is 0.134 e. The second-order valence-electron chi connectivity index (χ2n) is 4.49. The molecule has 2 heterocycles. The van der Waals surface area contributed by atoms with Gasteiger partial charge in [0.1, 0.15) is 18.0 Å². The Hall–Kier alpha value is -1.36. The largest absolute Gasteiger partial charge is 0.358 e. The van der Waals surface area contributed by atoms with E-state index >= 15 is 0 Å². The Bertz CT molecular complexity index is 349. The second-order valence-corrected chi connectivity index (χ2v) is 4.49. The van der Waals surface area contributed by atoms with Gasteiger partial charge in [-0.3, -0.25) is 0 Å². The summed E-state index contributed by atoms with van der Waals surface area (Å²) in [6.07, 6.45) is 5.50. The zero-order valence-electron chi connectivity index (χ0n) is 10.5. The highest BCUT2D eigenvalue weighted by Crippen LogP contribution is 2.20. The molecule has 1 saturated heterocycles. The van der Waals surface area contributed by atoms with Crippen LogP contribution in [0, 0.1) is 0 Å². The van der Waals surface area contributed by atoms with Crippen molar-refractivity contribution >= 4 is 11.6 Å². The maximum atomic E-state index is 5.55. The molecular weight excluding hydrogens is 214 g/mol. The molecule has 0 unspecified atom stereocenters. The van der Waals surface area contributed by atoms with Gasteiger partial charge in [-0.25, -0.2) is 9.97 Å². The Morgan fingerprint density at radius 2 is 2.06 bits per heavy atom. The predicted octanol–water partition coefficient (Wildman–Crippen LogP) is 0.862. The number of aromatic nitrogens is 2. The van der Waals surface area contributed by atoms with Crippen LogP contribution in [0.3, 0.4) is 0 Å². The summed E-state index contributed by atoms with van der Waals surface area (Å²) < 4.78 is 0. The summed E-state index contributed by atoms with van der Waals surface area (Å²) >= 11 is 0. The first kappa shape index (κ1) is 12.1. The van der Waals surface area contributed by atoms with Crippen molar-refractivity contribution in [1.82, 2.24) is 9.97 Å². The van der Waals surface area contributed by atoms with Gasteiger partial charge in [0, 0.05) is 39.3 Å². The van der Waals surface area contributed by atoms with Crippen LogP contribution in [0.1, 0.15) is 19.3 Å². The molecule has 0 spiro atoms. The van der Waals surface area contributed by atoms with Gasteiger partial charge in [0.15, 0.2) is 0 Å². The lowest BCUT2D eigenvalue weighted by Crippen LogP contribution is -2.31. The molecule has 0 amide bonds. The SMILES string of the molecule is CN(CCN)c1cc(N2CCCCC2)ncn1. The number of nitrogens with zero attached hydrogens (tertiary/aromatic N) is 4. The van der Waals surface area contributed by atoms with E-state index in [1.807, 2.05) is 7.05 Å². The number of anilines is 2. The third kappa shape index (κ3) is 3.06. The number of hydrogen-bond acceptors (Lipinski definition) is 5. The summed E-state index contributed by atoms with van der Waals surface area (Å²) in [5.74, 6) is 1.99. The Kier molecular flexibility index (Phi) is 4.14. The third-order valence-corrected chi connectivity index (χ3v) is 3.17. The summed E-state index contributed by atoms with van der Waals surface area (Å²) in [5.41, 5.74) is 5.55. The number of likely N-dealkylation sites (N-methyl/N-ethyl adjacent to an activating group) is 1. The minimum absolute atomic E-state index is 0.638. The molecular formula is C12H21N5. The van der Waals surface area contributed by atoms with Crippen LogP contribution in [0.25, 0.3) is 0 Å². The van der Waals surface area contributed by atoms with Crippen molar-refractivity contribution < 1.29 is 0 Å². The predicted molar refractivity (Wildman–Crippen MR) is 70.4 cm³/mol. The Morgan fingerprint density at radius 1 is 1.29 bits per heavy atom. The van der Waals surface area contributed by atoms with Gasteiger partial charge in [0.25, 0.3) is 0 Å². The van der Waals surface area contributed by atoms with Crippen LogP contribution in [0.4, 0.5) is 11.6 Å². The van der Waals surface area contributed by atoms with Gasteiger partial charge in [0.05, 0.1) is 0 Å². The fourth-order valence-corrected chi connectivity index (χ4v) is 2.15. The zero-order valence-corrected chi connectivity index (χ0v) is 10.5. The number of piperidine rings is 1. The van der Waals surface area contributed by atoms with Crippen LogP contribution in [0.15, 0.2) is 12.4 Å². The lowest BCUT2D eigenvalue weighted by Gasteiger charge is -2.28. The molecule has 94 valence electrons. The van der Waals surface area contributed by atoms with Crippen molar-refractivity contribution in [3.05, 3.63) is 12.4 Å². The van der Waals surface area contributed by atoms with Crippen LogP contribution >= 0.6 is 0 Å². The minimum atomic E-state index is 0.638. The van der Waals surface area contributed by atoms with Crippen LogP contribution in [0.2, 0.25) is 0 Å². The summed E-state index contributed by atoms with van der Waals surface area (Å²) in [5, 5.41) is 0. The molecule has 0 radical (unpaired) electrons. The Morgan fingerprint density at radius 3 is 2.76 bits per heavy atom. The van der Waals surface area contributed by atoms with Crippen molar-refractivity contribution in [3.8, 4) is 0 Å². The topological polar surface area (TPSA) is 58.3 Å². The van der Waals surface area contributed by atoms with E-state index in [0.717, 1.165) is 31.3 Å².